The number of sulfonamides is 1. The van der Waals surface area contributed by atoms with Crippen molar-refractivity contribution < 1.29 is 13.2 Å². The van der Waals surface area contributed by atoms with Crippen molar-refractivity contribution in [2.75, 3.05) is 19.7 Å². The molecule has 1 aromatic carbocycles. The average Bonchev–Trinajstić information content (AvgIpc) is 3.12. The lowest BCUT2D eigenvalue weighted by Gasteiger charge is -2.37. The Hall–Kier alpha value is -1.93. The fourth-order valence-corrected chi connectivity index (χ4v) is 4.54. The summed E-state index contributed by atoms with van der Waals surface area (Å²) in [5.41, 5.74) is 0.973. The van der Waals surface area contributed by atoms with Gasteiger partial charge in [0.15, 0.2) is 0 Å². The molecule has 0 unspecified atom stereocenters. The number of benzene rings is 1. The summed E-state index contributed by atoms with van der Waals surface area (Å²) in [6.07, 6.45) is 3.91. The minimum absolute atomic E-state index is 0.286. The molecule has 0 spiro atoms. The van der Waals surface area contributed by atoms with E-state index in [2.05, 4.69) is 10.1 Å². The highest BCUT2D eigenvalue weighted by molar-refractivity contribution is 7.89. The summed E-state index contributed by atoms with van der Waals surface area (Å²) in [5, 5.41) is 4.05. The zero-order valence-electron chi connectivity index (χ0n) is 11.9. The van der Waals surface area contributed by atoms with E-state index in [9.17, 15) is 8.42 Å². The fourth-order valence-electron chi connectivity index (χ4n) is 2.90. The lowest BCUT2D eigenvalue weighted by Crippen LogP contribution is -2.51. The predicted molar refractivity (Wildman–Crippen MR) is 77.9 cm³/mol. The minimum atomic E-state index is -3.40. The van der Waals surface area contributed by atoms with Gasteiger partial charge in [-0.1, -0.05) is 0 Å². The maximum absolute atomic E-state index is 12.6. The monoisotopic (exact) mass is 320 g/mol. The summed E-state index contributed by atoms with van der Waals surface area (Å²) in [6.45, 7) is 2.37. The zero-order valence-corrected chi connectivity index (χ0v) is 12.7. The van der Waals surface area contributed by atoms with Crippen molar-refractivity contribution in [2.24, 2.45) is 5.92 Å². The summed E-state index contributed by atoms with van der Waals surface area (Å²) in [5.74, 6) is 1.08. The molecular weight excluding hydrogens is 304 g/mol. The van der Waals surface area contributed by atoms with Crippen LogP contribution < -0.4 is 4.74 Å². The summed E-state index contributed by atoms with van der Waals surface area (Å²) in [7, 11) is -3.40. The van der Waals surface area contributed by atoms with Crippen molar-refractivity contribution in [2.45, 2.75) is 17.9 Å². The number of rotatable bonds is 4. The molecule has 0 bridgehead atoms. The number of nitrogens with zero attached hydrogens (tertiary/aromatic N) is 4. The highest BCUT2D eigenvalue weighted by atomic mass is 32.2. The molecule has 1 saturated heterocycles. The first-order valence-electron chi connectivity index (χ1n) is 7.21. The predicted octanol–water partition coefficient (Wildman–Crippen LogP) is 0.534. The third kappa shape index (κ3) is 2.28. The summed E-state index contributed by atoms with van der Waals surface area (Å²) in [6, 6.07) is 5.12. The average molecular weight is 320 g/mol. The highest BCUT2D eigenvalue weighted by Crippen LogP contribution is 2.31. The molecule has 0 saturated carbocycles. The minimum Gasteiger partial charge on any atom is -0.493 e. The van der Waals surface area contributed by atoms with Crippen LogP contribution in [0.2, 0.25) is 0 Å². The molecule has 4 rings (SSSR count). The van der Waals surface area contributed by atoms with Crippen molar-refractivity contribution in [3.8, 4) is 5.75 Å². The fraction of sp³-hybridized carbons (Fsp3) is 0.429. The maximum atomic E-state index is 12.6. The van der Waals surface area contributed by atoms with E-state index in [0.717, 1.165) is 17.7 Å². The Bertz CT molecular complexity index is 782. The number of hydrogen-bond donors (Lipinski definition) is 0. The Balaban J connectivity index is 1.46. The van der Waals surface area contributed by atoms with Crippen LogP contribution in [0.3, 0.4) is 0 Å². The molecule has 0 atom stereocenters. The van der Waals surface area contributed by atoms with Gasteiger partial charge in [0.1, 0.15) is 18.4 Å². The van der Waals surface area contributed by atoms with E-state index in [1.807, 2.05) is 0 Å². The van der Waals surface area contributed by atoms with Crippen molar-refractivity contribution in [1.29, 1.82) is 0 Å². The van der Waals surface area contributed by atoms with E-state index >= 15 is 0 Å². The van der Waals surface area contributed by atoms with Crippen LogP contribution in [0.15, 0.2) is 35.7 Å². The Kier molecular flexibility index (Phi) is 3.16. The Morgan fingerprint density at radius 2 is 2.18 bits per heavy atom. The van der Waals surface area contributed by atoms with Crippen LogP contribution in [0, 0.1) is 5.92 Å². The molecule has 3 heterocycles. The van der Waals surface area contributed by atoms with Crippen LogP contribution in [0.25, 0.3) is 0 Å². The van der Waals surface area contributed by atoms with E-state index in [0.29, 0.717) is 31.1 Å². The van der Waals surface area contributed by atoms with Crippen molar-refractivity contribution in [3.63, 3.8) is 0 Å². The Labute approximate surface area is 128 Å². The lowest BCUT2D eigenvalue weighted by molar-refractivity contribution is 0.174. The summed E-state index contributed by atoms with van der Waals surface area (Å²) in [4.78, 5) is 4.25. The van der Waals surface area contributed by atoms with Crippen LogP contribution >= 0.6 is 0 Å². The number of fused-ring (bicyclic) bond motifs is 1. The van der Waals surface area contributed by atoms with Crippen LogP contribution in [-0.4, -0.2) is 47.2 Å². The van der Waals surface area contributed by atoms with E-state index in [4.69, 9.17) is 4.74 Å². The standard InChI is InChI=1S/C14H16N4O3S/c19-22(20,13-1-2-14-12(5-13)3-4-21-14)18-7-11(8-18)6-17-10-15-9-16-17/h1-2,5,9-11H,3-4,6-8H2. The van der Waals surface area contributed by atoms with E-state index < -0.39 is 10.0 Å². The number of hydrogen-bond acceptors (Lipinski definition) is 5. The molecule has 7 nitrogen and oxygen atoms in total. The lowest BCUT2D eigenvalue weighted by atomic mass is 10.0. The highest BCUT2D eigenvalue weighted by Gasteiger charge is 2.37. The van der Waals surface area contributed by atoms with Gasteiger partial charge >= 0.3 is 0 Å². The normalized spacial score (nSPS) is 18.7. The molecule has 2 aliphatic heterocycles. The molecule has 2 aliphatic rings. The third-order valence-corrected chi connectivity index (χ3v) is 5.96. The van der Waals surface area contributed by atoms with E-state index in [-0.39, 0.29) is 5.92 Å². The number of aromatic nitrogens is 3. The first kappa shape index (κ1) is 13.7. The summed E-state index contributed by atoms with van der Waals surface area (Å²) < 4.78 is 33.9. The summed E-state index contributed by atoms with van der Waals surface area (Å²) >= 11 is 0. The second kappa shape index (κ2) is 5.06. The SMILES string of the molecule is O=S(=O)(c1ccc2c(c1)CCO2)N1CC(Cn2cncn2)C1. The van der Waals surface area contributed by atoms with Gasteiger partial charge in [-0.2, -0.15) is 9.40 Å². The molecule has 0 radical (unpaired) electrons. The second-order valence-corrected chi connectivity index (χ2v) is 7.61. The van der Waals surface area contributed by atoms with Crippen LogP contribution in [0.5, 0.6) is 5.75 Å². The molecule has 2 aromatic rings. The zero-order chi connectivity index (χ0) is 15.2. The van der Waals surface area contributed by atoms with Crippen molar-refractivity contribution in [3.05, 3.63) is 36.4 Å². The van der Waals surface area contributed by atoms with Crippen molar-refractivity contribution >= 4 is 10.0 Å². The molecule has 1 aromatic heterocycles. The number of ether oxygens (including phenoxy) is 1. The first-order valence-corrected chi connectivity index (χ1v) is 8.65. The quantitative estimate of drug-likeness (QED) is 0.821. The molecule has 22 heavy (non-hydrogen) atoms. The van der Waals surface area contributed by atoms with Gasteiger partial charge in [-0.25, -0.2) is 13.4 Å². The van der Waals surface area contributed by atoms with Gasteiger partial charge in [0.05, 0.1) is 11.5 Å². The first-order chi connectivity index (χ1) is 10.6. The topological polar surface area (TPSA) is 77.3 Å². The maximum Gasteiger partial charge on any atom is 0.243 e. The molecule has 1 fully saturated rings. The molecule has 0 amide bonds. The Morgan fingerprint density at radius 1 is 1.32 bits per heavy atom. The van der Waals surface area contributed by atoms with E-state index in [1.54, 1.807) is 29.2 Å². The van der Waals surface area contributed by atoms with Gasteiger partial charge in [0.2, 0.25) is 10.0 Å². The molecule has 116 valence electrons. The molecule has 0 aliphatic carbocycles. The van der Waals surface area contributed by atoms with Crippen molar-refractivity contribution in [1.82, 2.24) is 19.1 Å². The largest absolute Gasteiger partial charge is 0.493 e. The van der Waals surface area contributed by atoms with Gasteiger partial charge in [-0.3, -0.25) is 4.68 Å². The molecular formula is C14H16N4O3S. The van der Waals surface area contributed by atoms with Crippen LogP contribution in [0.1, 0.15) is 5.56 Å². The van der Waals surface area contributed by atoms with Gasteiger partial charge in [-0.05, 0) is 23.8 Å². The van der Waals surface area contributed by atoms with Gasteiger partial charge in [-0.15, -0.1) is 0 Å². The van der Waals surface area contributed by atoms with Gasteiger partial charge < -0.3 is 4.74 Å². The van der Waals surface area contributed by atoms with Gasteiger partial charge in [0, 0.05) is 32.0 Å². The van der Waals surface area contributed by atoms with E-state index in [1.165, 1.54) is 10.6 Å². The molecule has 0 N–H and O–H groups in total. The van der Waals surface area contributed by atoms with Crippen LogP contribution in [-0.2, 0) is 23.0 Å². The molecule has 8 heteroatoms. The van der Waals surface area contributed by atoms with Gasteiger partial charge in [0.25, 0.3) is 0 Å². The third-order valence-electron chi connectivity index (χ3n) is 4.13. The smallest absolute Gasteiger partial charge is 0.243 e. The van der Waals surface area contributed by atoms with Crippen LogP contribution in [0.4, 0.5) is 0 Å². The second-order valence-electron chi connectivity index (χ2n) is 5.67. The Morgan fingerprint density at radius 3 is 2.95 bits per heavy atom.